The number of rotatable bonds is 2. The molecule has 0 bridgehead atoms. The molecule has 1 fully saturated rings. The Hall–Kier alpha value is -1.98. The first-order valence-electron chi connectivity index (χ1n) is 7.15. The van der Waals surface area contributed by atoms with Gasteiger partial charge in [0.15, 0.2) is 11.6 Å². The lowest BCUT2D eigenvalue weighted by Gasteiger charge is -2.33. The molecule has 6 heteroatoms. The lowest BCUT2D eigenvalue weighted by atomic mass is 10.0. The third-order valence-corrected chi connectivity index (χ3v) is 4.09. The van der Waals surface area contributed by atoms with Gasteiger partial charge in [-0.3, -0.25) is 4.79 Å². The van der Waals surface area contributed by atoms with Gasteiger partial charge in [-0.15, -0.1) is 0 Å². The largest absolute Gasteiger partial charge is 0.338 e. The van der Waals surface area contributed by atoms with Crippen LogP contribution in [0.4, 0.5) is 8.78 Å². The summed E-state index contributed by atoms with van der Waals surface area (Å²) in [6, 6.07) is 2.37. The Morgan fingerprint density at radius 1 is 1.33 bits per heavy atom. The second-order valence-corrected chi connectivity index (χ2v) is 5.56. The number of hydrogen-bond acceptors (Lipinski definition) is 2. The van der Waals surface area contributed by atoms with Crippen LogP contribution in [0.1, 0.15) is 26.2 Å². The van der Waals surface area contributed by atoms with E-state index in [1.165, 1.54) is 6.33 Å². The van der Waals surface area contributed by atoms with E-state index in [1.54, 1.807) is 4.57 Å². The summed E-state index contributed by atoms with van der Waals surface area (Å²) in [4.78, 5) is 18.3. The summed E-state index contributed by atoms with van der Waals surface area (Å²) in [6.45, 7) is 2.90. The van der Waals surface area contributed by atoms with Crippen LogP contribution in [0.15, 0.2) is 18.5 Å². The summed E-state index contributed by atoms with van der Waals surface area (Å²) >= 11 is 0. The van der Waals surface area contributed by atoms with E-state index in [9.17, 15) is 13.6 Å². The second-order valence-electron chi connectivity index (χ2n) is 5.56. The summed E-state index contributed by atoms with van der Waals surface area (Å²) in [5.41, 5.74) is 0.792. The molecule has 0 N–H and O–H groups in total. The van der Waals surface area contributed by atoms with E-state index in [2.05, 4.69) is 4.98 Å². The Bertz CT molecular complexity index is 683. The highest BCUT2D eigenvalue weighted by Crippen LogP contribution is 2.20. The lowest BCUT2D eigenvalue weighted by Crippen LogP contribution is -2.43. The van der Waals surface area contributed by atoms with Crippen LogP contribution in [0.2, 0.25) is 0 Å². The van der Waals surface area contributed by atoms with Crippen molar-refractivity contribution in [3.8, 4) is 0 Å². The molecule has 112 valence electrons. The van der Waals surface area contributed by atoms with Gasteiger partial charge >= 0.3 is 0 Å². The maximum absolute atomic E-state index is 13.3. The summed E-state index contributed by atoms with van der Waals surface area (Å²) in [5, 5.41) is 0. The molecule has 1 amide bonds. The lowest BCUT2D eigenvalue weighted by molar-refractivity contribution is -0.135. The Morgan fingerprint density at radius 3 is 2.86 bits per heavy atom. The minimum Gasteiger partial charge on any atom is -0.338 e. The predicted octanol–water partition coefficient (Wildman–Crippen LogP) is 2.72. The Balaban J connectivity index is 1.84. The molecule has 2 heterocycles. The van der Waals surface area contributed by atoms with Crippen molar-refractivity contribution < 1.29 is 13.6 Å². The molecule has 4 nitrogen and oxygen atoms in total. The average molecular weight is 293 g/mol. The van der Waals surface area contributed by atoms with Crippen LogP contribution in [-0.2, 0) is 11.3 Å². The quantitative estimate of drug-likeness (QED) is 0.854. The van der Waals surface area contributed by atoms with Crippen LogP contribution < -0.4 is 0 Å². The number of aromatic nitrogens is 2. The van der Waals surface area contributed by atoms with Crippen molar-refractivity contribution in [2.45, 2.75) is 38.8 Å². The second kappa shape index (κ2) is 5.42. The number of nitrogens with zero attached hydrogens (tertiary/aromatic N) is 3. The number of imidazole rings is 1. The molecule has 1 aliphatic rings. The summed E-state index contributed by atoms with van der Waals surface area (Å²) in [6.07, 6.45) is 4.62. The monoisotopic (exact) mass is 293 g/mol. The van der Waals surface area contributed by atoms with Crippen LogP contribution >= 0.6 is 0 Å². The standard InChI is InChI=1S/C15H17F2N3O/c1-10-4-2-3-5-20(10)15(21)8-19-9-18-13-6-11(16)12(17)7-14(13)19/h6-7,9-10H,2-5,8H2,1H3. The normalized spacial score (nSPS) is 19.2. The Morgan fingerprint density at radius 2 is 2.10 bits per heavy atom. The van der Waals surface area contributed by atoms with E-state index in [0.29, 0.717) is 11.0 Å². The topological polar surface area (TPSA) is 38.1 Å². The first-order chi connectivity index (χ1) is 10.1. The number of hydrogen-bond donors (Lipinski definition) is 0. The Kier molecular flexibility index (Phi) is 3.61. The number of carbonyl (C=O) groups excluding carboxylic acids is 1. The molecule has 3 rings (SSSR count). The van der Waals surface area contributed by atoms with Crippen molar-refractivity contribution in [3.05, 3.63) is 30.1 Å². The summed E-state index contributed by atoms with van der Waals surface area (Å²) in [7, 11) is 0. The van der Waals surface area contributed by atoms with E-state index in [1.807, 2.05) is 11.8 Å². The van der Waals surface area contributed by atoms with Crippen LogP contribution in [0.25, 0.3) is 11.0 Å². The fraction of sp³-hybridized carbons (Fsp3) is 0.467. The van der Waals surface area contributed by atoms with Gasteiger partial charge in [0.25, 0.3) is 0 Å². The smallest absolute Gasteiger partial charge is 0.242 e. The fourth-order valence-corrected chi connectivity index (χ4v) is 2.88. The number of likely N-dealkylation sites (tertiary alicyclic amines) is 1. The number of piperidine rings is 1. The zero-order chi connectivity index (χ0) is 15.0. The SMILES string of the molecule is CC1CCCCN1C(=O)Cn1cnc2cc(F)c(F)cc21. The van der Waals surface area contributed by atoms with E-state index in [4.69, 9.17) is 0 Å². The van der Waals surface area contributed by atoms with Gasteiger partial charge < -0.3 is 9.47 Å². The molecule has 1 saturated heterocycles. The van der Waals surface area contributed by atoms with Crippen LogP contribution in [0.3, 0.4) is 0 Å². The fourth-order valence-electron chi connectivity index (χ4n) is 2.88. The average Bonchev–Trinajstić information content (AvgIpc) is 2.82. The summed E-state index contributed by atoms with van der Waals surface area (Å²) in [5.74, 6) is -1.86. The molecule has 1 aliphatic heterocycles. The van der Waals surface area contributed by atoms with Crippen molar-refractivity contribution in [2.75, 3.05) is 6.54 Å². The van der Waals surface area contributed by atoms with Gasteiger partial charge in [-0.25, -0.2) is 13.8 Å². The highest BCUT2D eigenvalue weighted by atomic mass is 19.2. The molecule has 1 atom stereocenters. The van der Waals surface area contributed by atoms with Crippen molar-refractivity contribution in [2.24, 2.45) is 0 Å². The van der Waals surface area contributed by atoms with Gasteiger partial charge in [0.1, 0.15) is 6.54 Å². The first kappa shape index (κ1) is 14.0. The van der Waals surface area contributed by atoms with Crippen LogP contribution in [0.5, 0.6) is 0 Å². The third-order valence-electron chi connectivity index (χ3n) is 4.09. The molecule has 0 aliphatic carbocycles. The number of carbonyl (C=O) groups is 1. The van der Waals surface area contributed by atoms with Crippen molar-refractivity contribution >= 4 is 16.9 Å². The first-order valence-corrected chi connectivity index (χ1v) is 7.15. The van der Waals surface area contributed by atoms with Gasteiger partial charge in [0.2, 0.25) is 5.91 Å². The molecular formula is C15H17F2N3O. The Labute approximate surface area is 121 Å². The maximum atomic E-state index is 13.3. The molecule has 0 radical (unpaired) electrons. The van der Waals surface area contributed by atoms with Gasteiger partial charge in [-0.05, 0) is 26.2 Å². The number of benzene rings is 1. The van der Waals surface area contributed by atoms with Gasteiger partial charge in [0, 0.05) is 24.7 Å². The van der Waals surface area contributed by atoms with Crippen molar-refractivity contribution in [1.29, 1.82) is 0 Å². The van der Waals surface area contributed by atoms with E-state index >= 15 is 0 Å². The number of amides is 1. The highest BCUT2D eigenvalue weighted by Gasteiger charge is 2.23. The van der Waals surface area contributed by atoms with Crippen molar-refractivity contribution in [1.82, 2.24) is 14.5 Å². The molecule has 0 spiro atoms. The molecule has 0 saturated carbocycles. The van der Waals surface area contributed by atoms with Crippen LogP contribution in [0, 0.1) is 11.6 Å². The predicted molar refractivity (Wildman–Crippen MR) is 74.7 cm³/mol. The van der Waals surface area contributed by atoms with E-state index in [-0.39, 0.29) is 18.5 Å². The number of fused-ring (bicyclic) bond motifs is 1. The third kappa shape index (κ3) is 2.62. The molecule has 2 aromatic rings. The molecule has 1 aromatic carbocycles. The zero-order valence-corrected chi connectivity index (χ0v) is 11.9. The maximum Gasteiger partial charge on any atom is 0.242 e. The van der Waals surface area contributed by atoms with Crippen molar-refractivity contribution in [3.63, 3.8) is 0 Å². The van der Waals surface area contributed by atoms with Gasteiger partial charge in [-0.1, -0.05) is 0 Å². The minimum absolute atomic E-state index is 0.00812. The van der Waals surface area contributed by atoms with Gasteiger partial charge in [-0.2, -0.15) is 0 Å². The highest BCUT2D eigenvalue weighted by molar-refractivity contribution is 5.81. The van der Waals surface area contributed by atoms with Gasteiger partial charge in [0.05, 0.1) is 17.4 Å². The molecule has 21 heavy (non-hydrogen) atoms. The molecule has 1 aromatic heterocycles. The van der Waals surface area contributed by atoms with E-state index in [0.717, 1.165) is 37.9 Å². The minimum atomic E-state index is -0.928. The molecular weight excluding hydrogens is 276 g/mol. The number of halogens is 2. The van der Waals surface area contributed by atoms with Crippen LogP contribution in [-0.4, -0.2) is 32.9 Å². The molecule has 1 unspecified atom stereocenters. The zero-order valence-electron chi connectivity index (χ0n) is 11.9. The summed E-state index contributed by atoms with van der Waals surface area (Å²) < 4.78 is 28.1. The van der Waals surface area contributed by atoms with E-state index < -0.39 is 11.6 Å².